The highest BCUT2D eigenvalue weighted by atomic mass is 79.9. The topological polar surface area (TPSA) is 98.1 Å². The summed E-state index contributed by atoms with van der Waals surface area (Å²) in [5.74, 6) is 0.0995. The molecule has 1 atom stereocenters. The molecule has 0 radical (unpaired) electrons. The van der Waals surface area contributed by atoms with Crippen LogP contribution in [-0.4, -0.2) is 38.1 Å². The van der Waals surface area contributed by atoms with Gasteiger partial charge >= 0.3 is 0 Å². The Morgan fingerprint density at radius 1 is 1.27 bits per heavy atom. The lowest BCUT2D eigenvalue weighted by Gasteiger charge is -2.12. The largest absolute Gasteiger partial charge is 0.280 e. The molecule has 142 valence electrons. The lowest BCUT2D eigenvalue weighted by atomic mass is 10.2. The maximum absolute atomic E-state index is 12.9. The van der Waals surface area contributed by atoms with Crippen molar-refractivity contribution in [2.45, 2.75) is 38.1 Å². The number of hydrogen-bond donors (Lipinski definition) is 1. The normalized spacial score (nSPS) is 19.6. The molecule has 1 saturated heterocycles. The Hall–Kier alpha value is -1.39. The molecule has 2 aromatic rings. The van der Waals surface area contributed by atoms with E-state index < -0.39 is 19.9 Å². The Bertz CT molecular complexity index is 1080. The second kappa shape index (κ2) is 6.65. The minimum atomic E-state index is -3.84. The maximum Gasteiger partial charge on any atom is 0.265 e. The van der Waals surface area contributed by atoms with E-state index in [9.17, 15) is 16.8 Å². The first-order valence-corrected chi connectivity index (χ1v) is 12.1. The lowest BCUT2D eigenvalue weighted by molar-refractivity contribution is 0.484. The van der Waals surface area contributed by atoms with Crippen molar-refractivity contribution in [1.29, 1.82) is 0 Å². The van der Waals surface area contributed by atoms with Crippen LogP contribution in [0.15, 0.2) is 27.6 Å². The fourth-order valence-electron chi connectivity index (χ4n) is 3.27. The summed E-state index contributed by atoms with van der Waals surface area (Å²) in [6.45, 7) is 5.15. The Kier molecular flexibility index (Phi) is 4.95. The van der Waals surface area contributed by atoms with Gasteiger partial charge in [0.1, 0.15) is 4.90 Å². The number of aromatic nitrogens is 2. The number of anilines is 1. The van der Waals surface area contributed by atoms with Crippen LogP contribution in [0.4, 0.5) is 5.69 Å². The molecule has 1 aliphatic heterocycles. The van der Waals surface area contributed by atoms with Gasteiger partial charge in [0.05, 0.1) is 28.9 Å². The molecule has 0 aliphatic carbocycles. The molecule has 1 N–H and O–H groups in total. The molecule has 0 spiro atoms. The predicted molar refractivity (Wildman–Crippen MR) is 104 cm³/mol. The minimum Gasteiger partial charge on any atom is -0.280 e. The van der Waals surface area contributed by atoms with Crippen molar-refractivity contribution in [3.05, 3.63) is 39.6 Å². The van der Waals surface area contributed by atoms with Gasteiger partial charge in [0.15, 0.2) is 9.84 Å². The van der Waals surface area contributed by atoms with Crippen LogP contribution >= 0.6 is 15.9 Å². The minimum absolute atomic E-state index is 0.00617. The number of sulfonamides is 1. The SMILES string of the molecule is Cc1cc(NS(=O)(=O)c2c(C)nn([C@@H]3CCS(=O)(=O)C3)c2C)ccc1Br. The zero-order chi connectivity index (χ0) is 19.3. The Morgan fingerprint density at radius 2 is 1.96 bits per heavy atom. The van der Waals surface area contributed by atoms with Gasteiger partial charge in [0.2, 0.25) is 0 Å². The second-order valence-electron chi connectivity index (χ2n) is 6.57. The summed E-state index contributed by atoms with van der Waals surface area (Å²) in [7, 11) is -6.93. The molecule has 10 heteroatoms. The van der Waals surface area contributed by atoms with Crippen LogP contribution < -0.4 is 4.72 Å². The van der Waals surface area contributed by atoms with E-state index in [1.54, 1.807) is 36.7 Å². The van der Waals surface area contributed by atoms with Crippen LogP contribution in [0.5, 0.6) is 0 Å². The molecular weight excluding hydrogens is 442 g/mol. The summed E-state index contributed by atoms with van der Waals surface area (Å²) in [5, 5.41) is 4.32. The average Bonchev–Trinajstić information content (AvgIpc) is 3.02. The molecule has 0 bridgehead atoms. The fraction of sp³-hybridized carbons (Fsp3) is 0.438. The van der Waals surface area contributed by atoms with Crippen LogP contribution in [0.25, 0.3) is 0 Å². The molecule has 2 heterocycles. The van der Waals surface area contributed by atoms with Gasteiger partial charge in [-0.25, -0.2) is 16.8 Å². The van der Waals surface area contributed by atoms with Gasteiger partial charge in [-0.3, -0.25) is 9.40 Å². The summed E-state index contributed by atoms with van der Waals surface area (Å²) < 4.78 is 54.3. The highest BCUT2D eigenvalue weighted by Gasteiger charge is 2.33. The first-order chi connectivity index (χ1) is 12.0. The van der Waals surface area contributed by atoms with Crippen molar-refractivity contribution in [3.63, 3.8) is 0 Å². The van der Waals surface area contributed by atoms with Crippen LogP contribution in [0.2, 0.25) is 0 Å². The van der Waals surface area contributed by atoms with Gasteiger partial charge in [0, 0.05) is 10.2 Å². The number of nitrogens with zero attached hydrogens (tertiary/aromatic N) is 2. The monoisotopic (exact) mass is 461 g/mol. The van der Waals surface area contributed by atoms with Crippen molar-refractivity contribution < 1.29 is 16.8 Å². The van der Waals surface area contributed by atoms with Crippen molar-refractivity contribution in [2.75, 3.05) is 16.2 Å². The number of nitrogens with one attached hydrogen (secondary N) is 1. The number of halogens is 1. The van der Waals surface area contributed by atoms with E-state index in [0.717, 1.165) is 10.0 Å². The van der Waals surface area contributed by atoms with Crippen molar-refractivity contribution in [1.82, 2.24) is 9.78 Å². The third-order valence-corrected chi connectivity index (χ3v) is 8.76. The van der Waals surface area contributed by atoms with E-state index >= 15 is 0 Å². The summed E-state index contributed by atoms with van der Waals surface area (Å²) in [6.07, 6.45) is 0.448. The summed E-state index contributed by atoms with van der Waals surface area (Å²) in [5.41, 5.74) is 2.17. The molecule has 0 saturated carbocycles. The average molecular weight is 462 g/mol. The zero-order valence-electron chi connectivity index (χ0n) is 14.7. The fourth-order valence-corrected chi connectivity index (χ4v) is 6.67. The first kappa shape index (κ1) is 19.4. The van der Waals surface area contributed by atoms with E-state index in [-0.39, 0.29) is 22.4 Å². The highest BCUT2D eigenvalue weighted by molar-refractivity contribution is 9.10. The number of sulfone groups is 1. The zero-order valence-corrected chi connectivity index (χ0v) is 17.9. The highest BCUT2D eigenvalue weighted by Crippen LogP contribution is 2.30. The van der Waals surface area contributed by atoms with E-state index in [1.807, 2.05) is 6.92 Å². The lowest BCUT2D eigenvalue weighted by Crippen LogP contribution is -2.17. The van der Waals surface area contributed by atoms with Crippen LogP contribution in [-0.2, 0) is 19.9 Å². The first-order valence-electron chi connectivity index (χ1n) is 8.05. The molecule has 3 rings (SSSR count). The van der Waals surface area contributed by atoms with Gasteiger partial charge in [-0.05, 0) is 51.0 Å². The van der Waals surface area contributed by atoms with E-state index in [2.05, 4.69) is 25.8 Å². The van der Waals surface area contributed by atoms with E-state index in [4.69, 9.17) is 0 Å². The molecule has 26 heavy (non-hydrogen) atoms. The van der Waals surface area contributed by atoms with Crippen LogP contribution in [0, 0.1) is 20.8 Å². The molecule has 1 aromatic heterocycles. The van der Waals surface area contributed by atoms with Crippen LogP contribution in [0.3, 0.4) is 0 Å². The number of benzene rings is 1. The van der Waals surface area contributed by atoms with Crippen molar-refractivity contribution in [3.8, 4) is 0 Å². The summed E-state index contributed by atoms with van der Waals surface area (Å²) in [6, 6.07) is 4.87. The number of hydrogen-bond acceptors (Lipinski definition) is 5. The molecule has 0 unspecified atom stereocenters. The standard InChI is InChI=1S/C16H20BrN3O4S2/c1-10-8-13(4-5-15(10)17)19-26(23,24)16-11(2)18-20(12(16)3)14-6-7-25(21,22)9-14/h4-5,8,14,19H,6-7,9H2,1-3H3/t14-/m1/s1. The summed E-state index contributed by atoms with van der Waals surface area (Å²) >= 11 is 3.39. The Labute approximate surface area is 161 Å². The van der Waals surface area contributed by atoms with Gasteiger partial charge in [-0.15, -0.1) is 0 Å². The predicted octanol–water partition coefficient (Wildman–Crippen LogP) is 2.73. The molecule has 1 fully saturated rings. The molecule has 1 aromatic carbocycles. The summed E-state index contributed by atoms with van der Waals surface area (Å²) in [4.78, 5) is 0.0994. The van der Waals surface area contributed by atoms with Gasteiger partial charge in [0.25, 0.3) is 10.0 Å². The van der Waals surface area contributed by atoms with Crippen LogP contribution in [0.1, 0.15) is 29.4 Å². The third-order valence-electron chi connectivity index (χ3n) is 4.49. The molecule has 0 amide bonds. The van der Waals surface area contributed by atoms with Gasteiger partial charge in [-0.1, -0.05) is 15.9 Å². The second-order valence-corrected chi connectivity index (χ2v) is 11.3. The maximum atomic E-state index is 12.9. The van der Waals surface area contributed by atoms with Crippen molar-refractivity contribution in [2.24, 2.45) is 0 Å². The van der Waals surface area contributed by atoms with Gasteiger partial charge < -0.3 is 0 Å². The molecule has 1 aliphatic rings. The quantitative estimate of drug-likeness (QED) is 0.754. The smallest absolute Gasteiger partial charge is 0.265 e. The number of aryl methyl sites for hydroxylation is 2. The molecular formula is C16H20BrN3O4S2. The van der Waals surface area contributed by atoms with Crippen molar-refractivity contribution >= 4 is 41.5 Å². The Balaban J connectivity index is 1.96. The van der Waals surface area contributed by atoms with E-state index in [0.29, 0.717) is 23.5 Å². The Morgan fingerprint density at radius 3 is 2.54 bits per heavy atom. The molecule has 7 nitrogen and oxygen atoms in total. The third kappa shape index (κ3) is 3.67. The van der Waals surface area contributed by atoms with E-state index in [1.165, 1.54) is 0 Å². The number of rotatable bonds is 4. The van der Waals surface area contributed by atoms with Gasteiger partial charge in [-0.2, -0.15) is 5.10 Å².